The highest BCUT2D eigenvalue weighted by atomic mass is 19.4. The Morgan fingerprint density at radius 1 is 1.25 bits per heavy atom. The van der Waals surface area contributed by atoms with Gasteiger partial charge in [0, 0.05) is 18.8 Å². The van der Waals surface area contributed by atoms with Gasteiger partial charge in [0.1, 0.15) is 17.3 Å². The van der Waals surface area contributed by atoms with E-state index in [0.29, 0.717) is 0 Å². The zero-order valence-corrected chi connectivity index (χ0v) is 14.4. The number of nitrogens with zero attached hydrogens (tertiary/aromatic N) is 2. The van der Waals surface area contributed by atoms with Gasteiger partial charge < -0.3 is 10.6 Å². The summed E-state index contributed by atoms with van der Waals surface area (Å²) in [6.45, 7) is 0. The molecule has 0 spiro atoms. The minimum Gasteiger partial charge on any atom is -0.383 e. The minimum atomic E-state index is -4.58. The molecule has 28 heavy (non-hydrogen) atoms. The number of amides is 1. The fourth-order valence-electron chi connectivity index (χ4n) is 2.29. The first-order chi connectivity index (χ1) is 13.2. The van der Waals surface area contributed by atoms with Crippen LogP contribution in [0.2, 0.25) is 0 Å². The standard InChI is InChI=1S/C18H13F3N4O3/c1-23-15-6-5-11(8-16(15)25(27)28)7-12(10-22)17(26)24-14-4-2-3-13(9-14)18(19,20)21/h2-9,23H,1H3,(H,24,26)/b12-7+. The summed E-state index contributed by atoms with van der Waals surface area (Å²) < 4.78 is 38.2. The van der Waals surface area contributed by atoms with Crippen molar-refractivity contribution in [1.29, 1.82) is 5.26 Å². The number of carbonyl (C=O) groups is 1. The second-order valence-corrected chi connectivity index (χ2v) is 5.49. The molecule has 0 aromatic heterocycles. The number of nitro groups is 1. The van der Waals surface area contributed by atoms with Crippen molar-refractivity contribution < 1.29 is 22.9 Å². The van der Waals surface area contributed by atoms with Crippen LogP contribution < -0.4 is 10.6 Å². The maximum atomic E-state index is 12.7. The van der Waals surface area contributed by atoms with Crippen molar-refractivity contribution >= 4 is 29.0 Å². The number of rotatable bonds is 5. The maximum Gasteiger partial charge on any atom is 0.416 e. The Balaban J connectivity index is 2.31. The summed E-state index contributed by atoms with van der Waals surface area (Å²) >= 11 is 0. The molecule has 0 aliphatic heterocycles. The van der Waals surface area contributed by atoms with Gasteiger partial charge in [-0.2, -0.15) is 18.4 Å². The molecule has 2 N–H and O–H groups in total. The Labute approximate surface area is 157 Å². The highest BCUT2D eigenvalue weighted by Gasteiger charge is 2.30. The second kappa shape index (κ2) is 8.22. The molecule has 0 saturated heterocycles. The second-order valence-electron chi connectivity index (χ2n) is 5.49. The topological polar surface area (TPSA) is 108 Å². The Hall–Kier alpha value is -3.87. The summed E-state index contributed by atoms with van der Waals surface area (Å²) in [7, 11) is 1.50. The molecule has 0 saturated carbocycles. The van der Waals surface area contributed by atoms with Gasteiger partial charge in [-0.3, -0.25) is 14.9 Å². The van der Waals surface area contributed by atoms with Crippen molar-refractivity contribution in [1.82, 2.24) is 0 Å². The lowest BCUT2D eigenvalue weighted by molar-refractivity contribution is -0.384. The van der Waals surface area contributed by atoms with Gasteiger partial charge in [-0.25, -0.2) is 0 Å². The van der Waals surface area contributed by atoms with Crippen LogP contribution in [-0.2, 0) is 11.0 Å². The fourth-order valence-corrected chi connectivity index (χ4v) is 2.29. The van der Waals surface area contributed by atoms with E-state index in [1.54, 1.807) is 6.07 Å². The van der Waals surface area contributed by atoms with E-state index in [1.807, 2.05) is 0 Å². The SMILES string of the molecule is CNc1ccc(/C=C(\C#N)C(=O)Nc2cccc(C(F)(F)F)c2)cc1[N+](=O)[O-]. The average Bonchev–Trinajstić information content (AvgIpc) is 2.65. The molecule has 2 aromatic carbocycles. The molecule has 2 rings (SSSR count). The molecular formula is C18H13F3N4O3. The van der Waals surface area contributed by atoms with E-state index in [-0.39, 0.29) is 22.6 Å². The van der Waals surface area contributed by atoms with Gasteiger partial charge in [0.2, 0.25) is 0 Å². The smallest absolute Gasteiger partial charge is 0.383 e. The van der Waals surface area contributed by atoms with Crippen LogP contribution in [0.25, 0.3) is 6.08 Å². The molecule has 7 nitrogen and oxygen atoms in total. The summed E-state index contributed by atoms with van der Waals surface area (Å²) in [5, 5.41) is 25.1. The number of nitriles is 1. The van der Waals surface area contributed by atoms with Crippen LogP contribution in [0.4, 0.5) is 30.2 Å². The summed E-state index contributed by atoms with van der Waals surface area (Å²) in [5.41, 5.74) is -1.32. The molecule has 2 aromatic rings. The molecule has 0 bridgehead atoms. The molecule has 0 radical (unpaired) electrons. The molecular weight excluding hydrogens is 377 g/mol. The van der Waals surface area contributed by atoms with Crippen LogP contribution in [0, 0.1) is 21.4 Å². The molecule has 1 amide bonds. The number of nitro benzene ring substituents is 1. The van der Waals surface area contributed by atoms with E-state index in [1.165, 1.54) is 31.3 Å². The van der Waals surface area contributed by atoms with Crippen LogP contribution in [0.15, 0.2) is 48.0 Å². The maximum absolute atomic E-state index is 12.7. The zero-order chi connectivity index (χ0) is 20.9. The Morgan fingerprint density at radius 2 is 1.96 bits per heavy atom. The monoisotopic (exact) mass is 390 g/mol. The Kier molecular flexibility index (Phi) is 6.00. The zero-order valence-electron chi connectivity index (χ0n) is 14.4. The summed E-state index contributed by atoms with van der Waals surface area (Å²) in [6, 6.07) is 9.61. The molecule has 0 unspecified atom stereocenters. The molecule has 0 atom stereocenters. The van der Waals surface area contributed by atoms with E-state index in [4.69, 9.17) is 0 Å². The molecule has 0 aliphatic rings. The van der Waals surface area contributed by atoms with Crippen molar-refractivity contribution in [3.63, 3.8) is 0 Å². The van der Waals surface area contributed by atoms with E-state index < -0.39 is 28.1 Å². The van der Waals surface area contributed by atoms with Gasteiger partial charge in [0.25, 0.3) is 11.6 Å². The third-order valence-electron chi connectivity index (χ3n) is 3.61. The lowest BCUT2D eigenvalue weighted by Gasteiger charge is -2.09. The Bertz CT molecular complexity index is 994. The highest BCUT2D eigenvalue weighted by Crippen LogP contribution is 2.31. The predicted octanol–water partition coefficient (Wildman–Crippen LogP) is 4.20. The normalized spacial score (nSPS) is 11.5. The van der Waals surface area contributed by atoms with E-state index in [2.05, 4.69) is 10.6 Å². The van der Waals surface area contributed by atoms with Gasteiger partial charge >= 0.3 is 6.18 Å². The third-order valence-corrected chi connectivity index (χ3v) is 3.61. The van der Waals surface area contributed by atoms with E-state index in [0.717, 1.165) is 24.3 Å². The quantitative estimate of drug-likeness (QED) is 0.344. The van der Waals surface area contributed by atoms with Gasteiger partial charge in [0.05, 0.1) is 10.5 Å². The third kappa shape index (κ3) is 4.85. The molecule has 0 aliphatic carbocycles. The molecule has 144 valence electrons. The van der Waals surface area contributed by atoms with E-state index in [9.17, 15) is 33.3 Å². The fraction of sp³-hybridized carbons (Fsp3) is 0.111. The largest absolute Gasteiger partial charge is 0.416 e. The molecule has 10 heteroatoms. The summed E-state index contributed by atoms with van der Waals surface area (Å²) in [6.07, 6.45) is -3.47. The molecule has 0 heterocycles. The first kappa shape index (κ1) is 20.4. The highest BCUT2D eigenvalue weighted by molar-refractivity contribution is 6.09. The van der Waals surface area contributed by atoms with Gasteiger partial charge in [-0.1, -0.05) is 12.1 Å². The van der Waals surface area contributed by atoms with Crippen LogP contribution in [0.1, 0.15) is 11.1 Å². The van der Waals surface area contributed by atoms with Crippen LogP contribution >= 0.6 is 0 Å². The van der Waals surface area contributed by atoms with Crippen molar-refractivity contribution in [2.75, 3.05) is 17.7 Å². The number of anilines is 2. The first-order valence-corrected chi connectivity index (χ1v) is 7.72. The first-order valence-electron chi connectivity index (χ1n) is 7.72. The Morgan fingerprint density at radius 3 is 2.54 bits per heavy atom. The van der Waals surface area contributed by atoms with Crippen molar-refractivity contribution in [3.05, 3.63) is 69.3 Å². The number of nitrogens with one attached hydrogen (secondary N) is 2. The van der Waals surface area contributed by atoms with Gasteiger partial charge in [0.15, 0.2) is 0 Å². The number of halogens is 3. The lowest BCUT2D eigenvalue weighted by atomic mass is 10.1. The summed E-state index contributed by atoms with van der Waals surface area (Å²) in [4.78, 5) is 22.7. The number of benzene rings is 2. The van der Waals surface area contributed by atoms with Crippen molar-refractivity contribution in [2.45, 2.75) is 6.18 Å². The number of hydrogen-bond acceptors (Lipinski definition) is 5. The van der Waals surface area contributed by atoms with Gasteiger partial charge in [-0.15, -0.1) is 0 Å². The van der Waals surface area contributed by atoms with Crippen LogP contribution in [0.3, 0.4) is 0 Å². The van der Waals surface area contributed by atoms with Gasteiger partial charge in [-0.05, 0) is 35.9 Å². The average molecular weight is 390 g/mol. The number of carbonyl (C=O) groups excluding carboxylic acids is 1. The number of hydrogen-bond donors (Lipinski definition) is 2. The lowest BCUT2D eigenvalue weighted by Crippen LogP contribution is -2.14. The predicted molar refractivity (Wildman–Crippen MR) is 96.3 cm³/mol. The summed E-state index contributed by atoms with van der Waals surface area (Å²) in [5.74, 6) is -0.942. The van der Waals surface area contributed by atoms with Crippen molar-refractivity contribution in [2.24, 2.45) is 0 Å². The number of alkyl halides is 3. The minimum absolute atomic E-state index is 0.141. The van der Waals surface area contributed by atoms with Crippen LogP contribution in [-0.4, -0.2) is 17.9 Å². The van der Waals surface area contributed by atoms with Crippen molar-refractivity contribution in [3.8, 4) is 6.07 Å². The van der Waals surface area contributed by atoms with Crippen LogP contribution in [0.5, 0.6) is 0 Å². The van der Waals surface area contributed by atoms with E-state index >= 15 is 0 Å². The molecule has 0 fully saturated rings.